The highest BCUT2D eigenvalue weighted by Crippen LogP contribution is 1.97. The lowest BCUT2D eigenvalue weighted by molar-refractivity contribution is 0.320. The summed E-state index contributed by atoms with van der Waals surface area (Å²) in [6.07, 6.45) is 6.31. The maximum atomic E-state index is 3.83. The molecule has 0 heterocycles. The molecule has 0 bridgehead atoms. The van der Waals surface area contributed by atoms with E-state index in [1.54, 1.807) is 0 Å². The van der Waals surface area contributed by atoms with Crippen LogP contribution in [0.15, 0.2) is 0 Å². The molecule has 0 amide bonds. The van der Waals surface area contributed by atoms with Gasteiger partial charge in [0.25, 0.3) is 0 Å². The lowest BCUT2D eigenvalue weighted by Crippen LogP contribution is -2.20. The summed E-state index contributed by atoms with van der Waals surface area (Å²) in [5.41, 5.74) is 0. The van der Waals surface area contributed by atoms with Crippen LogP contribution in [0.2, 0.25) is 0 Å². The molecule has 0 aliphatic rings. The van der Waals surface area contributed by atoms with E-state index in [0.717, 1.165) is 6.42 Å². The van der Waals surface area contributed by atoms with Gasteiger partial charge in [0.15, 0.2) is 0 Å². The van der Waals surface area contributed by atoms with Crippen LogP contribution in [0.3, 0.4) is 0 Å². The zero-order valence-corrected chi connectivity index (χ0v) is 8.10. The molecular formula is C10H22N. The molecule has 67 valence electrons. The lowest BCUT2D eigenvalue weighted by atomic mass is 10.2. The maximum Gasteiger partial charge on any atom is -0.00218 e. The van der Waals surface area contributed by atoms with Gasteiger partial charge in [-0.3, -0.25) is 0 Å². The van der Waals surface area contributed by atoms with Crippen molar-refractivity contribution in [2.75, 3.05) is 20.1 Å². The number of hydrogen-bond donors (Lipinski definition) is 0. The summed E-state index contributed by atoms with van der Waals surface area (Å²) in [6, 6.07) is 0. The smallest absolute Gasteiger partial charge is 0.00218 e. The Morgan fingerprint density at radius 2 is 1.73 bits per heavy atom. The fourth-order valence-electron chi connectivity index (χ4n) is 1.10. The van der Waals surface area contributed by atoms with Crippen molar-refractivity contribution in [3.8, 4) is 0 Å². The Kier molecular flexibility index (Phi) is 8.03. The van der Waals surface area contributed by atoms with Crippen molar-refractivity contribution in [2.45, 2.75) is 39.0 Å². The molecule has 0 N–H and O–H groups in total. The monoisotopic (exact) mass is 156 g/mol. The average molecular weight is 156 g/mol. The van der Waals surface area contributed by atoms with Gasteiger partial charge in [0, 0.05) is 0 Å². The Labute approximate surface area is 71.8 Å². The summed E-state index contributed by atoms with van der Waals surface area (Å²) < 4.78 is 0. The third-order valence-electron chi connectivity index (χ3n) is 1.93. The van der Waals surface area contributed by atoms with Gasteiger partial charge in [-0.2, -0.15) is 0 Å². The Bertz CT molecular complexity index is 71.3. The second-order valence-electron chi connectivity index (χ2n) is 3.22. The predicted octanol–water partition coefficient (Wildman–Crippen LogP) is 2.72. The number of unbranched alkanes of at least 4 members (excludes halogenated alkanes) is 3. The van der Waals surface area contributed by atoms with Crippen molar-refractivity contribution in [3.05, 3.63) is 6.92 Å². The molecule has 1 nitrogen and oxygen atoms in total. The standard InChI is InChI=1S/C10H22N/c1-4-6-8-10-11(3)9-7-5-2/h1,4-10H2,2-3H3. The summed E-state index contributed by atoms with van der Waals surface area (Å²) in [4.78, 5) is 2.42. The molecule has 0 aromatic heterocycles. The van der Waals surface area contributed by atoms with E-state index in [0.29, 0.717) is 0 Å². The minimum absolute atomic E-state index is 1.08. The molecule has 0 aliphatic carbocycles. The van der Waals surface area contributed by atoms with E-state index in [1.165, 1.54) is 38.8 Å². The fraction of sp³-hybridized carbons (Fsp3) is 0.900. The quantitative estimate of drug-likeness (QED) is 0.512. The normalized spacial score (nSPS) is 10.9. The van der Waals surface area contributed by atoms with E-state index in [9.17, 15) is 0 Å². The van der Waals surface area contributed by atoms with Gasteiger partial charge in [0.1, 0.15) is 0 Å². The zero-order valence-electron chi connectivity index (χ0n) is 8.10. The average Bonchev–Trinajstić information content (AvgIpc) is 2.01. The van der Waals surface area contributed by atoms with Gasteiger partial charge in [0.05, 0.1) is 0 Å². The second-order valence-corrected chi connectivity index (χ2v) is 3.22. The van der Waals surface area contributed by atoms with Gasteiger partial charge < -0.3 is 4.90 Å². The van der Waals surface area contributed by atoms with Crippen LogP contribution in [0.1, 0.15) is 39.0 Å². The van der Waals surface area contributed by atoms with E-state index in [-0.39, 0.29) is 0 Å². The summed E-state index contributed by atoms with van der Waals surface area (Å²) in [7, 11) is 2.21. The van der Waals surface area contributed by atoms with Crippen LogP contribution in [0.4, 0.5) is 0 Å². The van der Waals surface area contributed by atoms with Crippen molar-refractivity contribution in [1.29, 1.82) is 0 Å². The van der Waals surface area contributed by atoms with E-state index in [4.69, 9.17) is 0 Å². The van der Waals surface area contributed by atoms with Crippen LogP contribution in [-0.4, -0.2) is 25.0 Å². The SMILES string of the molecule is [CH2]CCCCN(C)CCCC. The molecular weight excluding hydrogens is 134 g/mol. The highest BCUT2D eigenvalue weighted by atomic mass is 15.1. The van der Waals surface area contributed by atoms with E-state index < -0.39 is 0 Å². The van der Waals surface area contributed by atoms with Gasteiger partial charge in [-0.05, 0) is 33.0 Å². The third-order valence-corrected chi connectivity index (χ3v) is 1.93. The van der Waals surface area contributed by atoms with Crippen molar-refractivity contribution in [2.24, 2.45) is 0 Å². The maximum absolute atomic E-state index is 3.83. The first-order chi connectivity index (χ1) is 5.31. The van der Waals surface area contributed by atoms with Gasteiger partial charge in [0.2, 0.25) is 0 Å². The third kappa shape index (κ3) is 7.86. The predicted molar refractivity (Wildman–Crippen MR) is 51.6 cm³/mol. The molecule has 11 heavy (non-hydrogen) atoms. The van der Waals surface area contributed by atoms with Crippen LogP contribution in [0.5, 0.6) is 0 Å². The molecule has 0 aliphatic heterocycles. The topological polar surface area (TPSA) is 3.24 Å². The van der Waals surface area contributed by atoms with Crippen molar-refractivity contribution in [3.63, 3.8) is 0 Å². The Morgan fingerprint density at radius 1 is 1.09 bits per heavy atom. The molecule has 0 unspecified atom stereocenters. The summed E-state index contributed by atoms with van der Waals surface area (Å²) in [5, 5.41) is 0. The molecule has 0 fully saturated rings. The van der Waals surface area contributed by atoms with Gasteiger partial charge in [-0.1, -0.05) is 33.1 Å². The highest BCUT2D eigenvalue weighted by molar-refractivity contribution is 4.52. The Balaban J connectivity index is 3.02. The molecule has 0 rings (SSSR count). The minimum atomic E-state index is 1.08. The first kappa shape index (κ1) is 11.0. The van der Waals surface area contributed by atoms with Crippen LogP contribution >= 0.6 is 0 Å². The molecule has 0 saturated carbocycles. The first-order valence-corrected chi connectivity index (χ1v) is 4.79. The van der Waals surface area contributed by atoms with E-state index >= 15 is 0 Å². The Hall–Kier alpha value is -0.0400. The Morgan fingerprint density at radius 3 is 2.27 bits per heavy atom. The largest absolute Gasteiger partial charge is 0.306 e. The minimum Gasteiger partial charge on any atom is -0.306 e. The van der Waals surface area contributed by atoms with Gasteiger partial charge in [-0.25, -0.2) is 0 Å². The number of hydrogen-bond acceptors (Lipinski definition) is 1. The van der Waals surface area contributed by atoms with Crippen LogP contribution in [-0.2, 0) is 0 Å². The number of rotatable bonds is 7. The molecule has 1 radical (unpaired) electrons. The van der Waals surface area contributed by atoms with Gasteiger partial charge >= 0.3 is 0 Å². The van der Waals surface area contributed by atoms with Gasteiger partial charge in [-0.15, -0.1) is 0 Å². The molecule has 0 saturated heterocycles. The molecule has 0 aromatic rings. The lowest BCUT2D eigenvalue weighted by Gasteiger charge is -2.15. The van der Waals surface area contributed by atoms with E-state index in [1.807, 2.05) is 0 Å². The van der Waals surface area contributed by atoms with Crippen molar-refractivity contribution >= 4 is 0 Å². The van der Waals surface area contributed by atoms with Crippen molar-refractivity contribution < 1.29 is 0 Å². The second kappa shape index (κ2) is 8.06. The van der Waals surface area contributed by atoms with E-state index in [2.05, 4.69) is 25.8 Å². The first-order valence-electron chi connectivity index (χ1n) is 4.79. The molecule has 0 spiro atoms. The van der Waals surface area contributed by atoms with Crippen LogP contribution in [0.25, 0.3) is 0 Å². The number of nitrogens with zero attached hydrogens (tertiary/aromatic N) is 1. The summed E-state index contributed by atoms with van der Waals surface area (Å²) in [6.45, 7) is 8.57. The highest BCUT2D eigenvalue weighted by Gasteiger charge is 1.95. The fourth-order valence-corrected chi connectivity index (χ4v) is 1.10. The molecule has 0 atom stereocenters. The zero-order chi connectivity index (χ0) is 8.53. The summed E-state index contributed by atoms with van der Waals surface area (Å²) >= 11 is 0. The van der Waals surface area contributed by atoms with Crippen LogP contribution in [0, 0.1) is 6.92 Å². The molecule has 1 heteroatoms. The molecule has 0 aromatic carbocycles. The van der Waals surface area contributed by atoms with Crippen LogP contribution < -0.4 is 0 Å². The summed E-state index contributed by atoms with van der Waals surface area (Å²) in [5.74, 6) is 0. The van der Waals surface area contributed by atoms with Crippen molar-refractivity contribution in [1.82, 2.24) is 4.90 Å².